The van der Waals surface area contributed by atoms with Crippen LogP contribution in [0.3, 0.4) is 0 Å². The van der Waals surface area contributed by atoms with Gasteiger partial charge in [-0.15, -0.1) is 0 Å². The van der Waals surface area contributed by atoms with Crippen molar-refractivity contribution in [3.63, 3.8) is 0 Å². The molecular weight excluding hydrogens is 612 g/mol. The van der Waals surface area contributed by atoms with E-state index in [9.17, 15) is 19.5 Å². The lowest BCUT2D eigenvalue weighted by atomic mass is 9.84. The number of carboxylic acids is 1. The molecule has 3 fully saturated rings. The first-order valence-electron chi connectivity index (χ1n) is 16.7. The monoisotopic (exact) mass is 656 g/mol. The zero-order valence-electron chi connectivity index (χ0n) is 27.2. The first-order chi connectivity index (χ1) is 23.3. The number of benzene rings is 3. The highest BCUT2D eigenvalue weighted by Crippen LogP contribution is 2.43. The molecule has 0 bridgehead atoms. The lowest BCUT2D eigenvalue weighted by Crippen LogP contribution is -2.57. The number of nitrogens with one attached hydrogen (secondary N) is 2. The summed E-state index contributed by atoms with van der Waals surface area (Å²) in [6.45, 7) is 4.74. The molecule has 3 saturated heterocycles. The zero-order chi connectivity index (χ0) is 33.7. The second kappa shape index (κ2) is 14.9. The highest BCUT2D eigenvalue weighted by atomic mass is 16.7. The van der Waals surface area contributed by atoms with Gasteiger partial charge in [-0.25, -0.2) is 0 Å². The number of rotatable bonds is 11. The Morgan fingerprint density at radius 2 is 1.71 bits per heavy atom. The van der Waals surface area contributed by atoms with Crippen LogP contribution < -0.4 is 15.5 Å². The van der Waals surface area contributed by atoms with Crippen molar-refractivity contribution < 1.29 is 34.1 Å². The van der Waals surface area contributed by atoms with Gasteiger partial charge in [-0.05, 0) is 54.7 Å². The number of hydrogen-bond acceptors (Lipinski definition) is 8. The van der Waals surface area contributed by atoms with Crippen molar-refractivity contribution in [3.8, 4) is 0 Å². The van der Waals surface area contributed by atoms with E-state index in [1.165, 1.54) is 0 Å². The second-order valence-corrected chi connectivity index (χ2v) is 13.0. The number of ether oxygens (including phenoxy) is 2. The summed E-state index contributed by atoms with van der Waals surface area (Å²) in [6.07, 6.45) is 0.526. The normalized spacial score (nSPS) is 24.0. The van der Waals surface area contributed by atoms with Crippen LogP contribution in [0.5, 0.6) is 0 Å². The number of nitrogens with zero attached hydrogens (tertiary/aromatic N) is 2. The van der Waals surface area contributed by atoms with Crippen LogP contribution in [0.1, 0.15) is 68.1 Å². The highest BCUT2D eigenvalue weighted by Gasteiger charge is 2.51. The maximum Gasteiger partial charge on any atom is 0.303 e. The fourth-order valence-corrected chi connectivity index (χ4v) is 7.11. The van der Waals surface area contributed by atoms with E-state index in [4.69, 9.17) is 14.6 Å². The van der Waals surface area contributed by atoms with E-state index in [2.05, 4.69) is 39.5 Å². The Balaban J connectivity index is 1.18. The fraction of sp³-hybridized carbons (Fsp3) is 0.432. The van der Waals surface area contributed by atoms with Gasteiger partial charge in [-0.2, -0.15) is 0 Å². The van der Waals surface area contributed by atoms with Crippen molar-refractivity contribution in [1.29, 1.82) is 0 Å². The second-order valence-electron chi connectivity index (χ2n) is 13.0. The molecule has 3 heterocycles. The number of piperidine rings is 1. The summed E-state index contributed by atoms with van der Waals surface area (Å²) in [5.41, 5.74) is 3.62. The van der Waals surface area contributed by atoms with E-state index in [1.54, 1.807) is 6.07 Å². The van der Waals surface area contributed by atoms with E-state index >= 15 is 0 Å². The van der Waals surface area contributed by atoms with E-state index in [1.807, 2.05) is 60.7 Å². The van der Waals surface area contributed by atoms with Gasteiger partial charge in [0.15, 0.2) is 6.29 Å². The molecule has 3 aromatic carbocycles. The van der Waals surface area contributed by atoms with Gasteiger partial charge in [-0.1, -0.05) is 61.5 Å². The number of anilines is 2. The van der Waals surface area contributed by atoms with Crippen LogP contribution in [0.25, 0.3) is 0 Å². The van der Waals surface area contributed by atoms with Crippen LogP contribution in [0.4, 0.5) is 11.4 Å². The third-order valence-corrected chi connectivity index (χ3v) is 9.89. The number of carbonyl (C=O) groups excluding carboxylic acids is 2. The Bertz CT molecular complexity index is 1580. The molecule has 0 aliphatic carbocycles. The summed E-state index contributed by atoms with van der Waals surface area (Å²) in [5, 5.41) is 24.4. The van der Waals surface area contributed by atoms with Crippen LogP contribution in [-0.4, -0.2) is 70.8 Å². The molecule has 4 N–H and O–H groups in total. The minimum absolute atomic E-state index is 0.00942. The summed E-state index contributed by atoms with van der Waals surface area (Å²) in [7, 11) is 0. The van der Waals surface area contributed by atoms with Gasteiger partial charge in [0.05, 0.1) is 25.5 Å². The molecule has 254 valence electrons. The van der Waals surface area contributed by atoms with Crippen molar-refractivity contribution in [2.24, 2.45) is 5.92 Å². The molecule has 1 spiro atoms. The molecule has 48 heavy (non-hydrogen) atoms. The number of aliphatic hydroxyl groups excluding tert-OH is 1. The average molecular weight is 657 g/mol. The summed E-state index contributed by atoms with van der Waals surface area (Å²) < 4.78 is 13.3. The van der Waals surface area contributed by atoms with Crippen LogP contribution in [0.2, 0.25) is 0 Å². The number of aliphatic hydroxyl groups is 1. The molecule has 6 rings (SSSR count). The summed E-state index contributed by atoms with van der Waals surface area (Å²) in [4.78, 5) is 41.1. The number of likely N-dealkylation sites (tertiary alicyclic amines) is 1. The van der Waals surface area contributed by atoms with Crippen molar-refractivity contribution in [1.82, 2.24) is 10.2 Å². The lowest BCUT2D eigenvalue weighted by Gasteiger charge is -2.46. The maximum absolute atomic E-state index is 13.2. The predicted octanol–water partition coefficient (Wildman–Crippen LogP) is 4.59. The number of carbonyl (C=O) groups is 3. The van der Waals surface area contributed by atoms with Crippen molar-refractivity contribution in [3.05, 3.63) is 95.6 Å². The molecular formula is C37H44N4O7. The molecule has 0 aromatic heterocycles. The Morgan fingerprint density at radius 3 is 2.42 bits per heavy atom. The quantitative estimate of drug-likeness (QED) is 0.233. The van der Waals surface area contributed by atoms with Gasteiger partial charge >= 0.3 is 5.97 Å². The number of para-hydroxylation sites is 1. The van der Waals surface area contributed by atoms with Crippen molar-refractivity contribution in [2.45, 2.75) is 69.7 Å². The molecule has 11 nitrogen and oxygen atoms in total. The minimum atomic E-state index is -0.928. The topological polar surface area (TPSA) is 141 Å². The number of carboxylic acid groups (broad SMARTS) is 1. The first kappa shape index (κ1) is 33.6. The third-order valence-electron chi connectivity index (χ3n) is 9.89. The molecule has 3 aliphatic rings. The number of hydrogen-bond donors (Lipinski definition) is 4. The molecule has 0 unspecified atom stereocenters. The van der Waals surface area contributed by atoms with Crippen molar-refractivity contribution in [2.75, 3.05) is 36.5 Å². The Labute approximate surface area is 280 Å². The number of aliphatic carboxylic acids is 1. The fourth-order valence-electron chi connectivity index (χ4n) is 7.11. The lowest BCUT2D eigenvalue weighted by molar-refractivity contribution is -0.276. The van der Waals surface area contributed by atoms with E-state index in [0.717, 1.165) is 35.5 Å². The van der Waals surface area contributed by atoms with E-state index in [-0.39, 0.29) is 55.8 Å². The summed E-state index contributed by atoms with van der Waals surface area (Å²) >= 11 is 0. The smallest absolute Gasteiger partial charge is 0.303 e. The Morgan fingerprint density at radius 1 is 0.958 bits per heavy atom. The van der Waals surface area contributed by atoms with Gasteiger partial charge in [0.1, 0.15) is 5.54 Å². The van der Waals surface area contributed by atoms with Crippen LogP contribution in [-0.2, 0) is 30.5 Å². The molecule has 4 atom stereocenters. The standard InChI is InChI=1S/C37H44N4O7/c1-25-31(22-40-19-17-37(18-20-40)36(46)38-24-41(37)30-9-3-2-4-10-30)47-35(48-34(25)27-15-13-26(23-42)14-16-27)28-7-5-8-29(21-28)39-32(43)11-6-12-33(44)45/h2-5,7-10,13-16,21,25,31,34-35,42H,6,11-12,17-20,22-24H2,1H3,(H,38,46)(H,39,43)(H,44,45)/t25-,31+,34+,35+/m1/s1. The van der Waals surface area contributed by atoms with Crippen LogP contribution in [0.15, 0.2) is 78.9 Å². The van der Waals surface area contributed by atoms with Crippen molar-refractivity contribution >= 4 is 29.2 Å². The SMILES string of the molecule is C[C@@H]1[C@H](CN2CCC3(CC2)C(=O)NCN3c2ccccc2)O[C@H](c2cccc(NC(=O)CCCC(=O)O)c2)O[C@@H]1c1ccc(CO)cc1. The highest BCUT2D eigenvalue weighted by molar-refractivity contribution is 5.93. The van der Waals surface area contributed by atoms with Gasteiger partial charge in [0.2, 0.25) is 11.8 Å². The number of amides is 2. The zero-order valence-corrected chi connectivity index (χ0v) is 27.2. The van der Waals surface area contributed by atoms with Gasteiger partial charge < -0.3 is 40.1 Å². The van der Waals surface area contributed by atoms with E-state index in [0.29, 0.717) is 31.7 Å². The van der Waals surface area contributed by atoms with Gasteiger partial charge in [0.25, 0.3) is 0 Å². The van der Waals surface area contributed by atoms with Gasteiger partial charge in [0, 0.05) is 55.3 Å². The maximum atomic E-state index is 13.2. The Hall–Kier alpha value is -4.29. The van der Waals surface area contributed by atoms with Gasteiger partial charge in [-0.3, -0.25) is 14.4 Å². The van der Waals surface area contributed by atoms with Crippen LogP contribution in [0, 0.1) is 5.92 Å². The molecule has 3 aromatic rings. The molecule has 0 saturated carbocycles. The third kappa shape index (κ3) is 7.39. The molecule has 11 heteroatoms. The average Bonchev–Trinajstić information content (AvgIpc) is 3.41. The van der Waals surface area contributed by atoms with Crippen LogP contribution >= 0.6 is 0 Å². The molecule has 3 aliphatic heterocycles. The minimum Gasteiger partial charge on any atom is -0.481 e. The van der Waals surface area contributed by atoms with E-state index < -0.39 is 17.8 Å². The summed E-state index contributed by atoms with van der Waals surface area (Å²) in [5.74, 6) is -1.10. The Kier molecular flexibility index (Phi) is 10.4. The first-order valence-corrected chi connectivity index (χ1v) is 16.7. The predicted molar refractivity (Wildman–Crippen MR) is 180 cm³/mol. The summed E-state index contributed by atoms with van der Waals surface area (Å²) in [6, 6.07) is 25.2. The molecule has 0 radical (unpaired) electrons. The molecule has 2 amide bonds. The largest absolute Gasteiger partial charge is 0.481 e.